The fourth-order valence-corrected chi connectivity index (χ4v) is 2.24. The molecule has 2 rings (SSSR count). The average Bonchev–Trinajstić information content (AvgIpc) is 2.54. The molecule has 0 amide bonds. The van der Waals surface area contributed by atoms with Crippen molar-refractivity contribution in [3.05, 3.63) is 65.7 Å². The molecule has 5 heteroatoms. The Hall–Kier alpha value is -1.26. The summed E-state index contributed by atoms with van der Waals surface area (Å²) in [6.07, 6.45) is 1.16. The van der Waals surface area contributed by atoms with Crippen LogP contribution in [0.25, 0.3) is 0 Å². The Morgan fingerprint density at radius 3 is 2.33 bits per heavy atom. The molecule has 0 unspecified atom stereocenters. The molecule has 0 aliphatic rings. The van der Waals surface area contributed by atoms with Gasteiger partial charge in [0.05, 0.1) is 0 Å². The van der Waals surface area contributed by atoms with E-state index in [1.165, 1.54) is 11.1 Å². The first-order chi connectivity index (χ1) is 10.7. The Morgan fingerprint density at radius 1 is 0.917 bits per heavy atom. The maximum absolute atomic E-state index is 5.86. The normalized spacial score (nSPS) is 9.96. The number of halogens is 2. The highest BCUT2D eigenvalue weighted by Crippen LogP contribution is 2.15. The van der Waals surface area contributed by atoms with Crippen LogP contribution in [0.15, 0.2) is 54.6 Å². The van der Waals surface area contributed by atoms with Crippen LogP contribution in [0.3, 0.4) is 0 Å². The van der Waals surface area contributed by atoms with Crippen molar-refractivity contribution in [2.75, 3.05) is 27.2 Å². The zero-order valence-corrected chi connectivity index (χ0v) is 16.0. The van der Waals surface area contributed by atoms with Crippen LogP contribution in [0.1, 0.15) is 17.5 Å². The number of rotatable bonds is 9. The van der Waals surface area contributed by atoms with Crippen LogP contribution in [-0.2, 0) is 13.2 Å². The molecule has 0 aliphatic heterocycles. The molecule has 3 nitrogen and oxygen atoms in total. The van der Waals surface area contributed by atoms with E-state index in [4.69, 9.17) is 4.74 Å². The van der Waals surface area contributed by atoms with E-state index >= 15 is 0 Å². The Balaban J connectivity index is 0.00000264. The van der Waals surface area contributed by atoms with E-state index in [0.717, 1.165) is 31.8 Å². The lowest BCUT2D eigenvalue weighted by atomic mass is 10.2. The quantitative estimate of drug-likeness (QED) is 0.671. The first-order valence-electron chi connectivity index (χ1n) is 7.85. The van der Waals surface area contributed by atoms with Crippen molar-refractivity contribution in [1.82, 2.24) is 10.2 Å². The molecule has 2 aromatic carbocycles. The summed E-state index contributed by atoms with van der Waals surface area (Å²) in [5, 5.41) is 3.48. The minimum atomic E-state index is 0. The van der Waals surface area contributed by atoms with Crippen LogP contribution in [0.2, 0.25) is 0 Å². The van der Waals surface area contributed by atoms with E-state index in [0.29, 0.717) is 6.61 Å². The molecular formula is C19H28Cl2N2O. The molecular weight excluding hydrogens is 343 g/mol. The fourth-order valence-electron chi connectivity index (χ4n) is 2.24. The second-order valence-electron chi connectivity index (χ2n) is 5.76. The van der Waals surface area contributed by atoms with Crippen molar-refractivity contribution in [3.8, 4) is 5.75 Å². The van der Waals surface area contributed by atoms with Crippen LogP contribution in [0.4, 0.5) is 0 Å². The van der Waals surface area contributed by atoms with Gasteiger partial charge in [-0.05, 0) is 56.9 Å². The van der Waals surface area contributed by atoms with E-state index in [-0.39, 0.29) is 24.8 Å². The van der Waals surface area contributed by atoms with Gasteiger partial charge in [0, 0.05) is 6.54 Å². The van der Waals surface area contributed by atoms with Crippen LogP contribution < -0.4 is 10.1 Å². The van der Waals surface area contributed by atoms with Gasteiger partial charge in [-0.2, -0.15) is 0 Å². The molecule has 0 spiro atoms. The third kappa shape index (κ3) is 9.14. The zero-order chi connectivity index (χ0) is 15.6. The van der Waals surface area contributed by atoms with Gasteiger partial charge in [0.15, 0.2) is 0 Å². The molecule has 0 heterocycles. The van der Waals surface area contributed by atoms with Crippen molar-refractivity contribution in [2.45, 2.75) is 19.6 Å². The van der Waals surface area contributed by atoms with E-state index in [9.17, 15) is 0 Å². The number of ether oxygens (including phenoxy) is 1. The number of nitrogens with one attached hydrogen (secondary N) is 1. The third-order valence-corrected chi connectivity index (χ3v) is 3.43. The lowest BCUT2D eigenvalue weighted by molar-refractivity contribution is 0.306. The molecule has 24 heavy (non-hydrogen) atoms. The van der Waals surface area contributed by atoms with Gasteiger partial charge in [0.25, 0.3) is 0 Å². The second-order valence-corrected chi connectivity index (χ2v) is 5.76. The van der Waals surface area contributed by atoms with Crippen LogP contribution >= 0.6 is 24.8 Å². The summed E-state index contributed by atoms with van der Waals surface area (Å²) in [6, 6.07) is 18.6. The third-order valence-electron chi connectivity index (χ3n) is 3.43. The molecule has 0 atom stereocenters. The van der Waals surface area contributed by atoms with Gasteiger partial charge in [-0.1, -0.05) is 42.5 Å². The van der Waals surface area contributed by atoms with Gasteiger partial charge in [-0.25, -0.2) is 0 Å². The molecule has 134 valence electrons. The lowest BCUT2D eigenvalue weighted by Gasteiger charge is -2.11. The van der Waals surface area contributed by atoms with Gasteiger partial charge in [-0.3, -0.25) is 0 Å². The predicted molar refractivity (Wildman–Crippen MR) is 107 cm³/mol. The first kappa shape index (κ1) is 22.7. The summed E-state index contributed by atoms with van der Waals surface area (Å²) in [5.74, 6) is 0.927. The summed E-state index contributed by atoms with van der Waals surface area (Å²) in [5.41, 5.74) is 2.45. The molecule has 0 radical (unpaired) electrons. The van der Waals surface area contributed by atoms with E-state index in [1.54, 1.807) is 0 Å². The van der Waals surface area contributed by atoms with Crippen LogP contribution in [0, 0.1) is 0 Å². The molecule has 0 aliphatic carbocycles. The Morgan fingerprint density at radius 2 is 1.62 bits per heavy atom. The van der Waals surface area contributed by atoms with Gasteiger partial charge in [0.2, 0.25) is 0 Å². The van der Waals surface area contributed by atoms with Crippen molar-refractivity contribution >= 4 is 24.8 Å². The Bertz CT molecular complexity index is 550. The number of hydrogen-bond acceptors (Lipinski definition) is 3. The summed E-state index contributed by atoms with van der Waals surface area (Å²) < 4.78 is 5.86. The average molecular weight is 371 g/mol. The Labute approximate surface area is 158 Å². The van der Waals surface area contributed by atoms with Crippen molar-refractivity contribution in [1.29, 1.82) is 0 Å². The number of hydrogen-bond donors (Lipinski definition) is 1. The highest BCUT2D eigenvalue weighted by molar-refractivity contribution is 5.85. The molecule has 0 aromatic heterocycles. The van der Waals surface area contributed by atoms with Gasteiger partial charge >= 0.3 is 0 Å². The van der Waals surface area contributed by atoms with E-state index in [1.807, 2.05) is 24.3 Å². The summed E-state index contributed by atoms with van der Waals surface area (Å²) >= 11 is 0. The highest BCUT2D eigenvalue weighted by atomic mass is 35.5. The standard InChI is InChI=1S/C19H26N2O.2ClH/c1-21(2)13-7-12-20-15-18-10-6-11-19(14-18)22-16-17-8-4-3-5-9-17;;/h3-6,8-11,14,20H,7,12-13,15-16H2,1-2H3;2*1H. The van der Waals surface area contributed by atoms with Crippen LogP contribution in [-0.4, -0.2) is 32.1 Å². The van der Waals surface area contributed by atoms with Gasteiger partial charge in [0.1, 0.15) is 12.4 Å². The lowest BCUT2D eigenvalue weighted by Crippen LogP contribution is -2.20. The Kier molecular flexibility index (Phi) is 12.4. The topological polar surface area (TPSA) is 24.5 Å². The maximum Gasteiger partial charge on any atom is 0.120 e. The highest BCUT2D eigenvalue weighted by Gasteiger charge is 1.98. The van der Waals surface area contributed by atoms with Gasteiger partial charge in [-0.15, -0.1) is 24.8 Å². The smallest absolute Gasteiger partial charge is 0.120 e. The summed E-state index contributed by atoms with van der Waals surface area (Å²) in [6.45, 7) is 3.65. The molecule has 1 N–H and O–H groups in total. The number of benzene rings is 2. The largest absolute Gasteiger partial charge is 0.489 e. The molecule has 0 saturated carbocycles. The van der Waals surface area contributed by atoms with Crippen molar-refractivity contribution < 1.29 is 4.74 Å². The molecule has 0 saturated heterocycles. The fraction of sp³-hybridized carbons (Fsp3) is 0.368. The minimum Gasteiger partial charge on any atom is -0.489 e. The van der Waals surface area contributed by atoms with Crippen LogP contribution in [0.5, 0.6) is 5.75 Å². The molecule has 0 fully saturated rings. The number of nitrogens with zero attached hydrogens (tertiary/aromatic N) is 1. The monoisotopic (exact) mass is 370 g/mol. The molecule has 0 bridgehead atoms. The summed E-state index contributed by atoms with van der Waals surface area (Å²) in [7, 11) is 4.21. The molecule has 2 aromatic rings. The van der Waals surface area contributed by atoms with Crippen molar-refractivity contribution in [3.63, 3.8) is 0 Å². The predicted octanol–water partition coefficient (Wildman–Crippen LogP) is 4.15. The second kappa shape index (κ2) is 13.1. The van der Waals surface area contributed by atoms with E-state index < -0.39 is 0 Å². The van der Waals surface area contributed by atoms with E-state index in [2.05, 4.69) is 54.6 Å². The minimum absolute atomic E-state index is 0. The van der Waals surface area contributed by atoms with Gasteiger partial charge < -0.3 is 15.0 Å². The zero-order valence-electron chi connectivity index (χ0n) is 14.4. The first-order valence-corrected chi connectivity index (χ1v) is 7.85. The maximum atomic E-state index is 5.86. The van der Waals surface area contributed by atoms with Crippen molar-refractivity contribution in [2.24, 2.45) is 0 Å². The summed E-state index contributed by atoms with van der Waals surface area (Å²) in [4.78, 5) is 2.21. The SMILES string of the molecule is CN(C)CCCNCc1cccc(OCc2ccccc2)c1.Cl.Cl.